The van der Waals surface area contributed by atoms with E-state index in [1.54, 1.807) is 0 Å². The van der Waals surface area contributed by atoms with Crippen molar-refractivity contribution >= 4 is 6.29 Å². The summed E-state index contributed by atoms with van der Waals surface area (Å²) in [6.07, 6.45) is 1.66. The van der Waals surface area contributed by atoms with Crippen molar-refractivity contribution in [3.05, 3.63) is 59.7 Å². The Kier molecular flexibility index (Phi) is 3.86. The molecule has 21 heavy (non-hydrogen) atoms. The van der Waals surface area contributed by atoms with Crippen molar-refractivity contribution in [1.29, 1.82) is 0 Å². The van der Waals surface area contributed by atoms with E-state index < -0.39 is 5.79 Å². The van der Waals surface area contributed by atoms with Gasteiger partial charge in [-0.25, -0.2) is 0 Å². The number of carbonyl (C=O) groups is 1. The predicted octanol–water partition coefficient (Wildman–Crippen LogP) is 3.78. The minimum absolute atomic E-state index is 0.608. The molecule has 3 rings (SSSR count). The van der Waals surface area contributed by atoms with E-state index in [-0.39, 0.29) is 0 Å². The van der Waals surface area contributed by atoms with E-state index in [9.17, 15) is 4.79 Å². The first kappa shape index (κ1) is 14.0. The van der Waals surface area contributed by atoms with Crippen LogP contribution in [-0.4, -0.2) is 19.5 Å². The van der Waals surface area contributed by atoms with Gasteiger partial charge in [0.15, 0.2) is 12.1 Å². The fourth-order valence-electron chi connectivity index (χ4n) is 2.80. The van der Waals surface area contributed by atoms with Gasteiger partial charge in [0, 0.05) is 17.5 Å². The van der Waals surface area contributed by atoms with Gasteiger partial charge in [0.2, 0.25) is 0 Å². The van der Waals surface area contributed by atoms with Crippen molar-refractivity contribution in [2.75, 3.05) is 13.2 Å². The van der Waals surface area contributed by atoms with E-state index >= 15 is 0 Å². The minimum atomic E-state index is -0.608. The van der Waals surface area contributed by atoms with Crippen molar-refractivity contribution in [2.24, 2.45) is 0 Å². The Bertz CT molecular complexity index is 625. The molecule has 0 spiro atoms. The maximum absolute atomic E-state index is 11.1. The number of carbonyl (C=O) groups excluding carboxylic acids is 1. The van der Waals surface area contributed by atoms with Gasteiger partial charge >= 0.3 is 0 Å². The monoisotopic (exact) mass is 282 g/mol. The second-order valence-electron chi connectivity index (χ2n) is 5.09. The van der Waals surface area contributed by atoms with Gasteiger partial charge in [0.1, 0.15) is 0 Å². The highest BCUT2D eigenvalue weighted by atomic mass is 16.7. The molecular formula is C18H18O3. The number of aldehydes is 1. The molecule has 0 aliphatic carbocycles. The Morgan fingerprint density at radius 3 is 2.33 bits per heavy atom. The highest BCUT2D eigenvalue weighted by Gasteiger charge is 2.36. The molecule has 2 aromatic carbocycles. The van der Waals surface area contributed by atoms with Crippen LogP contribution in [0.3, 0.4) is 0 Å². The van der Waals surface area contributed by atoms with Gasteiger partial charge in [-0.05, 0) is 11.1 Å². The topological polar surface area (TPSA) is 35.5 Å². The molecule has 1 aliphatic heterocycles. The van der Waals surface area contributed by atoms with Crippen molar-refractivity contribution in [2.45, 2.75) is 19.1 Å². The lowest BCUT2D eigenvalue weighted by molar-refractivity contribution is -0.167. The Morgan fingerprint density at radius 2 is 1.71 bits per heavy atom. The van der Waals surface area contributed by atoms with E-state index in [4.69, 9.17) is 9.47 Å². The van der Waals surface area contributed by atoms with Gasteiger partial charge < -0.3 is 9.47 Å². The van der Waals surface area contributed by atoms with Gasteiger partial charge in [-0.3, -0.25) is 4.79 Å². The molecule has 0 atom stereocenters. The molecule has 0 radical (unpaired) electrons. The lowest BCUT2D eigenvalue weighted by atomic mass is 9.96. The van der Waals surface area contributed by atoms with Crippen molar-refractivity contribution in [3.8, 4) is 11.1 Å². The van der Waals surface area contributed by atoms with E-state index in [0.717, 1.165) is 29.4 Å². The molecule has 1 saturated heterocycles. The summed E-state index contributed by atoms with van der Waals surface area (Å²) in [6, 6.07) is 15.7. The molecule has 2 aromatic rings. The van der Waals surface area contributed by atoms with E-state index in [2.05, 4.69) is 6.92 Å². The van der Waals surface area contributed by atoms with Crippen LogP contribution in [0.1, 0.15) is 29.3 Å². The quantitative estimate of drug-likeness (QED) is 0.801. The molecule has 1 aliphatic rings. The van der Waals surface area contributed by atoms with Gasteiger partial charge in [0.05, 0.1) is 13.2 Å². The smallest absolute Gasteiger partial charge is 0.194 e. The summed E-state index contributed by atoms with van der Waals surface area (Å²) >= 11 is 0. The molecule has 0 saturated carbocycles. The largest absolute Gasteiger partial charge is 0.343 e. The molecule has 1 fully saturated rings. The maximum atomic E-state index is 11.1. The third-order valence-corrected chi connectivity index (χ3v) is 3.94. The number of ether oxygens (including phenoxy) is 2. The summed E-state index contributed by atoms with van der Waals surface area (Å²) in [4.78, 5) is 11.1. The summed E-state index contributed by atoms with van der Waals surface area (Å²) in [7, 11) is 0. The van der Waals surface area contributed by atoms with Crippen LogP contribution < -0.4 is 0 Å². The van der Waals surface area contributed by atoms with Crippen LogP contribution in [0.4, 0.5) is 0 Å². The third kappa shape index (κ3) is 2.50. The zero-order valence-electron chi connectivity index (χ0n) is 12.0. The number of rotatable bonds is 4. The van der Waals surface area contributed by atoms with Gasteiger partial charge in [0.25, 0.3) is 0 Å². The van der Waals surface area contributed by atoms with Crippen molar-refractivity contribution in [1.82, 2.24) is 0 Å². The normalized spacial score (nSPS) is 16.8. The van der Waals surface area contributed by atoms with E-state index in [1.807, 2.05) is 48.5 Å². The highest BCUT2D eigenvalue weighted by molar-refractivity contribution is 5.87. The maximum Gasteiger partial charge on any atom is 0.194 e. The molecule has 0 unspecified atom stereocenters. The molecule has 0 aromatic heterocycles. The lowest BCUT2D eigenvalue weighted by Crippen LogP contribution is -2.25. The van der Waals surface area contributed by atoms with Crippen molar-refractivity contribution < 1.29 is 14.3 Å². The van der Waals surface area contributed by atoms with E-state index in [0.29, 0.717) is 18.8 Å². The summed E-state index contributed by atoms with van der Waals surface area (Å²) in [5.74, 6) is -0.608. The summed E-state index contributed by atoms with van der Waals surface area (Å²) in [5, 5.41) is 0. The second kappa shape index (κ2) is 5.80. The fraction of sp³-hybridized carbons (Fsp3) is 0.278. The Balaban J connectivity index is 1.96. The summed E-state index contributed by atoms with van der Waals surface area (Å²) < 4.78 is 11.6. The van der Waals surface area contributed by atoms with Crippen LogP contribution in [0.2, 0.25) is 0 Å². The Hall–Kier alpha value is -1.97. The number of hydrogen-bond acceptors (Lipinski definition) is 3. The highest BCUT2D eigenvalue weighted by Crippen LogP contribution is 2.35. The molecule has 0 amide bonds. The molecular weight excluding hydrogens is 264 g/mol. The first-order chi connectivity index (χ1) is 10.3. The molecule has 108 valence electrons. The lowest BCUT2D eigenvalue weighted by Gasteiger charge is -2.26. The predicted molar refractivity (Wildman–Crippen MR) is 81.1 cm³/mol. The standard InChI is InChI=1S/C18H18O3/c1-2-18(20-11-12-21-18)16-9-7-14(8-10-16)17-6-4-3-5-15(17)13-19/h3-10,13H,2,11-12H2,1H3. The van der Waals surface area contributed by atoms with Crippen LogP contribution in [0.25, 0.3) is 11.1 Å². The second-order valence-corrected chi connectivity index (χ2v) is 5.09. The SMILES string of the molecule is CCC1(c2ccc(-c3ccccc3C=O)cc2)OCCO1. The average molecular weight is 282 g/mol. The fourth-order valence-corrected chi connectivity index (χ4v) is 2.80. The zero-order chi connectivity index (χ0) is 14.7. The first-order valence-corrected chi connectivity index (χ1v) is 7.22. The van der Waals surface area contributed by atoms with Crippen LogP contribution in [-0.2, 0) is 15.3 Å². The number of hydrogen-bond donors (Lipinski definition) is 0. The Morgan fingerprint density at radius 1 is 1.05 bits per heavy atom. The van der Waals surface area contributed by atoms with Gasteiger partial charge in [-0.1, -0.05) is 55.5 Å². The van der Waals surface area contributed by atoms with Crippen LogP contribution in [0, 0.1) is 0 Å². The zero-order valence-corrected chi connectivity index (χ0v) is 12.0. The average Bonchev–Trinajstić information content (AvgIpc) is 3.05. The minimum Gasteiger partial charge on any atom is -0.343 e. The molecule has 0 N–H and O–H groups in total. The van der Waals surface area contributed by atoms with Crippen molar-refractivity contribution in [3.63, 3.8) is 0 Å². The van der Waals surface area contributed by atoms with Crippen LogP contribution >= 0.6 is 0 Å². The molecule has 3 nitrogen and oxygen atoms in total. The third-order valence-electron chi connectivity index (χ3n) is 3.94. The van der Waals surface area contributed by atoms with Gasteiger partial charge in [-0.15, -0.1) is 0 Å². The van der Waals surface area contributed by atoms with Crippen LogP contribution in [0.15, 0.2) is 48.5 Å². The summed E-state index contributed by atoms with van der Waals surface area (Å²) in [5.41, 5.74) is 3.68. The molecule has 1 heterocycles. The molecule has 3 heteroatoms. The summed E-state index contributed by atoms with van der Waals surface area (Å²) in [6.45, 7) is 3.31. The van der Waals surface area contributed by atoms with Crippen LogP contribution in [0.5, 0.6) is 0 Å². The van der Waals surface area contributed by atoms with Gasteiger partial charge in [-0.2, -0.15) is 0 Å². The molecule has 0 bridgehead atoms. The number of benzene rings is 2. The Labute approximate surface area is 124 Å². The first-order valence-electron chi connectivity index (χ1n) is 7.22. The van der Waals surface area contributed by atoms with E-state index in [1.165, 1.54) is 0 Å².